The van der Waals surface area contributed by atoms with E-state index in [1.165, 1.54) is 14.0 Å². The Morgan fingerprint density at radius 3 is 2.23 bits per heavy atom. The molecule has 0 aliphatic carbocycles. The van der Waals surface area contributed by atoms with Gasteiger partial charge >= 0.3 is 12.1 Å². The first-order valence-corrected chi connectivity index (χ1v) is 3.63. The van der Waals surface area contributed by atoms with Crippen molar-refractivity contribution < 1.29 is 24.2 Å². The number of amides is 1. The van der Waals surface area contributed by atoms with Crippen LogP contribution in [0.25, 0.3) is 0 Å². The Hall–Kier alpha value is -1.30. The van der Waals surface area contributed by atoms with Gasteiger partial charge in [-0.3, -0.25) is 0 Å². The number of hydrogen-bond acceptors (Lipinski definition) is 5. The molecular formula is C7H13NO5. The molecule has 2 N–H and O–H groups in total. The van der Waals surface area contributed by atoms with Crippen LogP contribution in [0, 0.1) is 0 Å². The van der Waals surface area contributed by atoms with Crippen LogP contribution in [0.1, 0.15) is 6.92 Å². The van der Waals surface area contributed by atoms with Gasteiger partial charge < -0.3 is 19.9 Å². The maximum Gasteiger partial charge on any atom is 0.407 e. The largest absolute Gasteiger partial charge is 0.467 e. The second kappa shape index (κ2) is 5.36. The summed E-state index contributed by atoms with van der Waals surface area (Å²) >= 11 is 0. The topological polar surface area (TPSA) is 84.9 Å². The zero-order valence-corrected chi connectivity index (χ0v) is 7.73. The van der Waals surface area contributed by atoms with E-state index >= 15 is 0 Å². The van der Waals surface area contributed by atoms with Crippen molar-refractivity contribution in [2.45, 2.75) is 19.1 Å². The smallest absolute Gasteiger partial charge is 0.407 e. The molecule has 0 radical (unpaired) electrons. The Balaban J connectivity index is 4.02. The molecule has 0 fully saturated rings. The van der Waals surface area contributed by atoms with Crippen LogP contribution in [0.15, 0.2) is 0 Å². The molecule has 0 aromatic carbocycles. The van der Waals surface area contributed by atoms with Gasteiger partial charge in [0, 0.05) is 0 Å². The van der Waals surface area contributed by atoms with E-state index in [2.05, 4.69) is 14.8 Å². The van der Waals surface area contributed by atoms with Crippen molar-refractivity contribution in [1.29, 1.82) is 0 Å². The van der Waals surface area contributed by atoms with E-state index in [0.717, 1.165) is 7.11 Å². The molecular weight excluding hydrogens is 178 g/mol. The van der Waals surface area contributed by atoms with Crippen LogP contribution in [0.5, 0.6) is 0 Å². The molecule has 2 atom stereocenters. The fourth-order valence-electron chi connectivity index (χ4n) is 0.649. The summed E-state index contributed by atoms with van der Waals surface area (Å²) < 4.78 is 8.54. The molecule has 76 valence electrons. The van der Waals surface area contributed by atoms with E-state index in [1.807, 2.05) is 0 Å². The summed E-state index contributed by atoms with van der Waals surface area (Å²) in [5.74, 6) is -0.802. The minimum absolute atomic E-state index is 0.713. The minimum Gasteiger partial charge on any atom is -0.467 e. The van der Waals surface area contributed by atoms with E-state index < -0.39 is 24.2 Å². The average molecular weight is 191 g/mol. The lowest BCUT2D eigenvalue weighted by Crippen LogP contribution is -2.45. The predicted molar refractivity (Wildman–Crippen MR) is 43.0 cm³/mol. The molecule has 13 heavy (non-hydrogen) atoms. The molecule has 1 amide bonds. The number of carbonyl (C=O) groups is 2. The third kappa shape index (κ3) is 3.75. The Morgan fingerprint density at radius 1 is 1.31 bits per heavy atom. The van der Waals surface area contributed by atoms with E-state index in [0.29, 0.717) is 0 Å². The molecule has 6 heteroatoms. The maximum absolute atomic E-state index is 10.8. The summed E-state index contributed by atoms with van der Waals surface area (Å²) in [7, 11) is 2.34. The van der Waals surface area contributed by atoms with Crippen molar-refractivity contribution >= 4 is 12.1 Å². The molecule has 6 nitrogen and oxygen atoms in total. The van der Waals surface area contributed by atoms with Crippen LogP contribution in [0.2, 0.25) is 0 Å². The van der Waals surface area contributed by atoms with E-state index in [1.54, 1.807) is 0 Å². The number of methoxy groups -OCH3 is 2. The van der Waals surface area contributed by atoms with Crippen LogP contribution in [0.3, 0.4) is 0 Å². The Bertz CT molecular complexity index is 193. The first-order chi connectivity index (χ1) is 6.02. The van der Waals surface area contributed by atoms with Crippen molar-refractivity contribution in [3.05, 3.63) is 0 Å². The maximum atomic E-state index is 10.8. The van der Waals surface area contributed by atoms with Gasteiger partial charge in [0.15, 0.2) is 6.10 Å². The fraction of sp³-hybridized carbons (Fsp3) is 0.714. The lowest BCUT2D eigenvalue weighted by atomic mass is 10.2. The third-order valence-corrected chi connectivity index (χ3v) is 1.45. The second-order valence-electron chi connectivity index (χ2n) is 2.39. The van der Waals surface area contributed by atoms with Gasteiger partial charge in [-0.15, -0.1) is 0 Å². The van der Waals surface area contributed by atoms with Crippen molar-refractivity contribution in [3.8, 4) is 0 Å². The average Bonchev–Trinajstić information content (AvgIpc) is 2.14. The molecule has 0 spiro atoms. The number of alkyl carbamates (subject to hydrolysis) is 1. The zero-order chi connectivity index (χ0) is 10.4. The van der Waals surface area contributed by atoms with Gasteiger partial charge in [-0.1, -0.05) is 0 Å². The van der Waals surface area contributed by atoms with Crippen LogP contribution in [-0.2, 0) is 14.3 Å². The van der Waals surface area contributed by atoms with Crippen LogP contribution in [0.4, 0.5) is 4.79 Å². The molecule has 0 saturated heterocycles. The van der Waals surface area contributed by atoms with E-state index in [-0.39, 0.29) is 0 Å². The number of nitrogens with one attached hydrogen (secondary N) is 1. The highest BCUT2D eigenvalue weighted by molar-refractivity contribution is 5.76. The van der Waals surface area contributed by atoms with Gasteiger partial charge in [0.2, 0.25) is 0 Å². The van der Waals surface area contributed by atoms with Crippen LogP contribution in [-0.4, -0.2) is 43.5 Å². The second-order valence-corrected chi connectivity index (χ2v) is 2.39. The SMILES string of the molecule is COC(=O)NC(C)C(O)C(=O)OC. The molecule has 0 aromatic heterocycles. The lowest BCUT2D eigenvalue weighted by Gasteiger charge is -2.16. The number of aliphatic hydroxyl groups is 1. The highest BCUT2D eigenvalue weighted by Gasteiger charge is 2.24. The monoisotopic (exact) mass is 191 g/mol. The van der Waals surface area contributed by atoms with Crippen LogP contribution >= 0.6 is 0 Å². The molecule has 0 rings (SSSR count). The van der Waals surface area contributed by atoms with Gasteiger partial charge in [0.05, 0.1) is 20.3 Å². The summed E-state index contributed by atoms with van der Waals surface area (Å²) in [4.78, 5) is 21.4. The molecule has 0 aliphatic rings. The van der Waals surface area contributed by atoms with Gasteiger partial charge in [0.1, 0.15) is 0 Å². The Morgan fingerprint density at radius 2 is 1.85 bits per heavy atom. The summed E-state index contributed by atoms with van der Waals surface area (Å²) in [6.45, 7) is 1.46. The zero-order valence-electron chi connectivity index (χ0n) is 7.73. The summed E-state index contributed by atoms with van der Waals surface area (Å²) in [6, 6.07) is -0.750. The fourth-order valence-corrected chi connectivity index (χ4v) is 0.649. The highest BCUT2D eigenvalue weighted by atomic mass is 16.5. The Labute approximate surface area is 75.8 Å². The molecule has 0 heterocycles. The molecule has 2 unspecified atom stereocenters. The minimum atomic E-state index is -1.39. The predicted octanol–water partition coefficient (Wildman–Crippen LogP) is -0.735. The molecule has 0 aliphatic heterocycles. The number of carbonyl (C=O) groups excluding carboxylic acids is 2. The quantitative estimate of drug-likeness (QED) is 0.574. The first kappa shape index (κ1) is 11.7. The molecule has 0 aromatic rings. The van der Waals surface area contributed by atoms with Crippen molar-refractivity contribution in [3.63, 3.8) is 0 Å². The number of ether oxygens (including phenoxy) is 2. The van der Waals surface area contributed by atoms with Gasteiger partial charge in [-0.25, -0.2) is 9.59 Å². The number of esters is 1. The number of aliphatic hydroxyl groups excluding tert-OH is 1. The number of rotatable bonds is 3. The summed E-state index contributed by atoms with van der Waals surface area (Å²) in [6.07, 6.45) is -2.10. The molecule has 0 saturated carbocycles. The van der Waals surface area contributed by atoms with E-state index in [9.17, 15) is 14.7 Å². The van der Waals surface area contributed by atoms with E-state index in [4.69, 9.17) is 0 Å². The Kier molecular flexibility index (Phi) is 4.83. The van der Waals surface area contributed by atoms with Gasteiger partial charge in [0.25, 0.3) is 0 Å². The first-order valence-electron chi connectivity index (χ1n) is 3.63. The lowest BCUT2D eigenvalue weighted by molar-refractivity contribution is -0.151. The van der Waals surface area contributed by atoms with Crippen molar-refractivity contribution in [2.75, 3.05) is 14.2 Å². The summed E-state index contributed by atoms with van der Waals surface area (Å²) in [5.41, 5.74) is 0. The highest BCUT2D eigenvalue weighted by Crippen LogP contribution is 1.95. The van der Waals surface area contributed by atoms with Gasteiger partial charge in [-0.05, 0) is 6.92 Å². The standard InChI is InChI=1S/C7H13NO5/c1-4(8-7(11)13-3)5(9)6(10)12-2/h4-5,9H,1-3H3,(H,8,11). The number of hydrogen-bond donors (Lipinski definition) is 2. The molecule has 0 bridgehead atoms. The van der Waals surface area contributed by atoms with Crippen LogP contribution < -0.4 is 5.32 Å². The summed E-state index contributed by atoms with van der Waals surface area (Å²) in [5, 5.41) is 11.4. The van der Waals surface area contributed by atoms with Crippen molar-refractivity contribution in [1.82, 2.24) is 5.32 Å². The van der Waals surface area contributed by atoms with Gasteiger partial charge in [-0.2, -0.15) is 0 Å². The normalized spacial score (nSPS) is 14.2. The third-order valence-electron chi connectivity index (χ3n) is 1.45. The van der Waals surface area contributed by atoms with Crippen molar-refractivity contribution in [2.24, 2.45) is 0 Å².